The van der Waals surface area contributed by atoms with Crippen molar-refractivity contribution < 1.29 is 4.79 Å². The maximum atomic E-state index is 12.6. The molecule has 0 bridgehead atoms. The van der Waals surface area contributed by atoms with Gasteiger partial charge in [0.1, 0.15) is 17.5 Å². The summed E-state index contributed by atoms with van der Waals surface area (Å²) < 4.78 is 1.62. The molecule has 1 aliphatic heterocycles. The smallest absolute Gasteiger partial charge is 0.270 e. The summed E-state index contributed by atoms with van der Waals surface area (Å²) in [4.78, 5) is 26.4. The summed E-state index contributed by atoms with van der Waals surface area (Å²) in [5.41, 5.74) is 0.798. The first-order valence-electron chi connectivity index (χ1n) is 7.92. The normalized spacial score (nSPS) is 18.1. The Morgan fingerprint density at radius 2 is 2.18 bits per heavy atom. The molecule has 118 valence electrons. The molecule has 5 nitrogen and oxygen atoms in total. The maximum Gasteiger partial charge on any atom is 0.270 e. The van der Waals surface area contributed by atoms with E-state index < -0.39 is 0 Å². The number of piperidine rings is 1. The average Bonchev–Trinajstić information content (AvgIpc) is 2.50. The van der Waals surface area contributed by atoms with Crippen molar-refractivity contribution in [3.63, 3.8) is 0 Å². The lowest BCUT2D eigenvalue weighted by atomic mass is 9.98. The highest BCUT2D eigenvalue weighted by Crippen LogP contribution is 2.27. The largest absolute Gasteiger partial charge is 0.357 e. The van der Waals surface area contributed by atoms with Crippen LogP contribution in [0.25, 0.3) is 0 Å². The van der Waals surface area contributed by atoms with Crippen molar-refractivity contribution in [2.24, 2.45) is 5.92 Å². The van der Waals surface area contributed by atoms with Crippen LogP contribution in [0.2, 0.25) is 0 Å². The standard InChI is InChI=1S/C17H23N3O2/c1-4-7-20-16(19-8-5-6-12(2)10-19)15(11-21)13(3)14(9-18)17(20)22/h11-12H,4-8,10H2,1-3H3. The van der Waals surface area contributed by atoms with Crippen molar-refractivity contribution in [3.05, 3.63) is 27.0 Å². The molecule has 0 saturated carbocycles. The van der Waals surface area contributed by atoms with E-state index in [1.807, 2.05) is 13.0 Å². The van der Waals surface area contributed by atoms with Crippen molar-refractivity contribution in [3.8, 4) is 6.07 Å². The van der Waals surface area contributed by atoms with Crippen molar-refractivity contribution in [2.75, 3.05) is 18.0 Å². The van der Waals surface area contributed by atoms with E-state index in [9.17, 15) is 14.9 Å². The number of rotatable bonds is 4. The van der Waals surface area contributed by atoms with Crippen LogP contribution >= 0.6 is 0 Å². The minimum absolute atomic E-state index is 0.0874. The zero-order valence-corrected chi connectivity index (χ0v) is 13.6. The molecule has 1 aliphatic rings. The Bertz CT molecular complexity index is 670. The van der Waals surface area contributed by atoms with Crippen molar-refractivity contribution in [1.82, 2.24) is 4.57 Å². The van der Waals surface area contributed by atoms with Crippen LogP contribution in [0, 0.1) is 24.2 Å². The van der Waals surface area contributed by atoms with Gasteiger partial charge < -0.3 is 4.90 Å². The summed E-state index contributed by atoms with van der Waals surface area (Å²) in [7, 11) is 0. The maximum absolute atomic E-state index is 12.6. The van der Waals surface area contributed by atoms with E-state index in [0.29, 0.717) is 29.4 Å². The first-order valence-corrected chi connectivity index (χ1v) is 7.92. The highest BCUT2D eigenvalue weighted by molar-refractivity contribution is 5.86. The highest BCUT2D eigenvalue weighted by atomic mass is 16.1. The molecule has 5 heteroatoms. The van der Waals surface area contributed by atoms with Gasteiger partial charge in [-0.15, -0.1) is 0 Å². The Labute approximate surface area is 131 Å². The average molecular weight is 301 g/mol. The fourth-order valence-corrected chi connectivity index (χ4v) is 3.27. The van der Waals surface area contributed by atoms with Crippen LogP contribution in [0.1, 0.15) is 54.6 Å². The molecular weight excluding hydrogens is 278 g/mol. The molecule has 2 rings (SSSR count). The summed E-state index contributed by atoms with van der Waals surface area (Å²) in [5, 5.41) is 9.26. The summed E-state index contributed by atoms with van der Waals surface area (Å²) in [5.74, 6) is 1.24. The van der Waals surface area contributed by atoms with E-state index in [-0.39, 0.29) is 11.1 Å². The molecule has 0 aliphatic carbocycles. The van der Waals surface area contributed by atoms with Gasteiger partial charge >= 0.3 is 0 Å². The van der Waals surface area contributed by atoms with Gasteiger partial charge in [-0.3, -0.25) is 14.2 Å². The summed E-state index contributed by atoms with van der Waals surface area (Å²) >= 11 is 0. The minimum atomic E-state index is -0.277. The number of aromatic nitrogens is 1. The Morgan fingerprint density at radius 3 is 2.73 bits per heavy atom. The topological polar surface area (TPSA) is 66.1 Å². The molecule has 0 spiro atoms. The molecule has 0 aromatic carbocycles. The second-order valence-corrected chi connectivity index (χ2v) is 6.12. The Hall–Kier alpha value is -2.09. The molecular formula is C17H23N3O2. The molecule has 1 aromatic heterocycles. The fraction of sp³-hybridized carbons (Fsp3) is 0.588. The molecule has 1 unspecified atom stereocenters. The van der Waals surface area contributed by atoms with Gasteiger partial charge in [-0.25, -0.2) is 0 Å². The first-order chi connectivity index (χ1) is 10.5. The zero-order chi connectivity index (χ0) is 16.3. The third-order valence-electron chi connectivity index (χ3n) is 4.37. The van der Waals surface area contributed by atoms with Crippen LogP contribution in [0.4, 0.5) is 5.82 Å². The quantitative estimate of drug-likeness (QED) is 0.801. The van der Waals surface area contributed by atoms with Crippen molar-refractivity contribution in [2.45, 2.75) is 46.6 Å². The van der Waals surface area contributed by atoms with Crippen LogP contribution in [0.5, 0.6) is 0 Å². The van der Waals surface area contributed by atoms with E-state index in [0.717, 1.165) is 32.2 Å². The number of anilines is 1. The number of pyridine rings is 1. The number of carbonyl (C=O) groups is 1. The Balaban J connectivity index is 2.71. The Kier molecular flexibility index (Phi) is 5.02. The van der Waals surface area contributed by atoms with Crippen molar-refractivity contribution in [1.29, 1.82) is 5.26 Å². The molecule has 2 heterocycles. The monoisotopic (exact) mass is 301 g/mol. The highest BCUT2D eigenvalue weighted by Gasteiger charge is 2.25. The van der Waals surface area contributed by atoms with E-state index in [1.54, 1.807) is 11.5 Å². The van der Waals surface area contributed by atoms with Crippen LogP contribution in [0.3, 0.4) is 0 Å². The van der Waals surface area contributed by atoms with Gasteiger partial charge in [-0.05, 0) is 37.7 Å². The number of nitriles is 1. The summed E-state index contributed by atoms with van der Waals surface area (Å²) in [6.07, 6.45) is 3.79. The Morgan fingerprint density at radius 1 is 1.45 bits per heavy atom. The number of hydrogen-bond acceptors (Lipinski definition) is 4. The van der Waals surface area contributed by atoms with E-state index in [1.165, 1.54) is 6.42 Å². The summed E-state index contributed by atoms with van der Waals surface area (Å²) in [6, 6.07) is 1.97. The number of nitrogens with zero attached hydrogens (tertiary/aromatic N) is 3. The molecule has 1 fully saturated rings. The molecule has 22 heavy (non-hydrogen) atoms. The first kappa shape index (κ1) is 16.3. The SMILES string of the molecule is CCCn1c(N2CCCC(C)C2)c(C=O)c(C)c(C#N)c1=O. The van der Waals surface area contributed by atoms with Crippen LogP contribution in [-0.4, -0.2) is 23.9 Å². The van der Waals surface area contributed by atoms with Gasteiger partial charge in [-0.2, -0.15) is 5.26 Å². The van der Waals surface area contributed by atoms with Gasteiger partial charge in [0.25, 0.3) is 5.56 Å². The number of carbonyl (C=O) groups excluding carboxylic acids is 1. The van der Waals surface area contributed by atoms with Gasteiger partial charge in [0.05, 0.1) is 5.56 Å². The predicted molar refractivity (Wildman–Crippen MR) is 86.4 cm³/mol. The zero-order valence-electron chi connectivity index (χ0n) is 13.6. The lowest BCUT2D eigenvalue weighted by Gasteiger charge is -2.35. The van der Waals surface area contributed by atoms with E-state index in [4.69, 9.17) is 0 Å². The fourth-order valence-electron chi connectivity index (χ4n) is 3.27. The number of hydrogen-bond donors (Lipinski definition) is 0. The second-order valence-electron chi connectivity index (χ2n) is 6.12. The van der Waals surface area contributed by atoms with Gasteiger partial charge in [0.15, 0.2) is 6.29 Å². The van der Waals surface area contributed by atoms with Crippen LogP contribution in [-0.2, 0) is 6.54 Å². The van der Waals surface area contributed by atoms with Crippen LogP contribution < -0.4 is 10.5 Å². The predicted octanol–water partition coefficient (Wildman–Crippen LogP) is 2.49. The van der Waals surface area contributed by atoms with E-state index in [2.05, 4.69) is 11.8 Å². The van der Waals surface area contributed by atoms with Gasteiger partial charge in [0, 0.05) is 19.6 Å². The lowest BCUT2D eigenvalue weighted by molar-refractivity contribution is 0.112. The molecule has 0 amide bonds. The summed E-state index contributed by atoms with van der Waals surface area (Å²) in [6.45, 7) is 8.08. The van der Waals surface area contributed by atoms with Gasteiger partial charge in [0.2, 0.25) is 0 Å². The third-order valence-corrected chi connectivity index (χ3v) is 4.37. The number of aldehydes is 1. The van der Waals surface area contributed by atoms with E-state index >= 15 is 0 Å². The molecule has 1 atom stereocenters. The lowest BCUT2D eigenvalue weighted by Crippen LogP contribution is -2.40. The van der Waals surface area contributed by atoms with Crippen LogP contribution in [0.15, 0.2) is 4.79 Å². The third kappa shape index (κ3) is 2.78. The molecule has 0 N–H and O–H groups in total. The minimum Gasteiger partial charge on any atom is -0.357 e. The molecule has 0 radical (unpaired) electrons. The second kappa shape index (κ2) is 6.78. The molecule has 1 aromatic rings. The van der Waals surface area contributed by atoms with Gasteiger partial charge in [-0.1, -0.05) is 13.8 Å². The molecule has 1 saturated heterocycles. The van der Waals surface area contributed by atoms with Crippen molar-refractivity contribution >= 4 is 12.1 Å².